The summed E-state index contributed by atoms with van der Waals surface area (Å²) in [5.74, 6) is 2.64. The number of nitrogens with one attached hydrogen (secondary N) is 2. The lowest BCUT2D eigenvalue weighted by Crippen LogP contribution is -2.43. The first-order valence-corrected chi connectivity index (χ1v) is 9.55. The van der Waals surface area contributed by atoms with Crippen LogP contribution in [0.1, 0.15) is 57.6 Å². The molecule has 8 heteroatoms. The fourth-order valence-corrected chi connectivity index (χ4v) is 3.42. The molecule has 26 heavy (non-hydrogen) atoms. The maximum Gasteiger partial charge on any atom is 0.191 e. The molecule has 1 aliphatic carbocycles. The van der Waals surface area contributed by atoms with Crippen molar-refractivity contribution in [1.82, 2.24) is 25.4 Å². The predicted molar refractivity (Wildman–Crippen MR) is 116 cm³/mol. The summed E-state index contributed by atoms with van der Waals surface area (Å²) in [7, 11) is 1.97. The molecule has 7 nitrogen and oxygen atoms in total. The van der Waals surface area contributed by atoms with Gasteiger partial charge in [0.25, 0.3) is 0 Å². The van der Waals surface area contributed by atoms with Crippen LogP contribution in [0.25, 0.3) is 0 Å². The van der Waals surface area contributed by atoms with Gasteiger partial charge in [0, 0.05) is 33.4 Å². The van der Waals surface area contributed by atoms with Gasteiger partial charge in [-0.2, -0.15) is 0 Å². The normalized spacial score (nSPS) is 16.4. The molecule has 1 aromatic heterocycles. The summed E-state index contributed by atoms with van der Waals surface area (Å²) >= 11 is 0. The van der Waals surface area contributed by atoms with Gasteiger partial charge in [-0.1, -0.05) is 12.8 Å². The average Bonchev–Trinajstić information content (AvgIpc) is 3.19. The van der Waals surface area contributed by atoms with Gasteiger partial charge in [-0.15, -0.1) is 34.2 Å². The van der Waals surface area contributed by atoms with Crippen molar-refractivity contribution in [3.8, 4) is 0 Å². The number of hydrogen-bond acceptors (Lipinski definition) is 4. The van der Waals surface area contributed by atoms with Crippen LogP contribution in [0, 0.1) is 12.3 Å². The van der Waals surface area contributed by atoms with E-state index in [1.165, 1.54) is 25.7 Å². The average molecular weight is 478 g/mol. The van der Waals surface area contributed by atoms with Gasteiger partial charge >= 0.3 is 0 Å². The third kappa shape index (κ3) is 6.68. The number of aromatic nitrogens is 3. The molecular formula is C18H35IN6O. The molecule has 1 aliphatic rings. The summed E-state index contributed by atoms with van der Waals surface area (Å²) in [5.41, 5.74) is 0.340. The van der Waals surface area contributed by atoms with Crippen molar-refractivity contribution in [2.24, 2.45) is 17.5 Å². The van der Waals surface area contributed by atoms with Gasteiger partial charge in [0.05, 0.1) is 0 Å². The predicted octanol–water partition coefficient (Wildman–Crippen LogP) is 2.78. The largest absolute Gasteiger partial charge is 0.382 e. The molecule has 1 aromatic rings. The van der Waals surface area contributed by atoms with Crippen molar-refractivity contribution >= 4 is 29.9 Å². The molecule has 0 radical (unpaired) electrons. The van der Waals surface area contributed by atoms with Crippen LogP contribution in [0.4, 0.5) is 0 Å². The summed E-state index contributed by atoms with van der Waals surface area (Å²) in [5, 5.41) is 15.2. The monoisotopic (exact) mass is 478 g/mol. The quantitative estimate of drug-likeness (QED) is 0.247. The van der Waals surface area contributed by atoms with Crippen molar-refractivity contribution in [2.45, 2.75) is 59.4 Å². The Bertz CT molecular complexity index is 554. The van der Waals surface area contributed by atoms with E-state index < -0.39 is 0 Å². The van der Waals surface area contributed by atoms with Gasteiger partial charge in [-0.05, 0) is 45.4 Å². The molecule has 0 atom stereocenters. The highest BCUT2D eigenvalue weighted by Crippen LogP contribution is 2.40. The van der Waals surface area contributed by atoms with Crippen LogP contribution >= 0.6 is 24.0 Å². The third-order valence-corrected chi connectivity index (χ3v) is 5.18. The molecule has 2 N–H and O–H groups in total. The van der Waals surface area contributed by atoms with Gasteiger partial charge in [-0.25, -0.2) is 4.99 Å². The van der Waals surface area contributed by atoms with Gasteiger partial charge in [-0.3, -0.25) is 0 Å². The molecule has 0 saturated heterocycles. The highest BCUT2D eigenvalue weighted by atomic mass is 127. The van der Waals surface area contributed by atoms with Crippen molar-refractivity contribution in [2.75, 3.05) is 26.3 Å². The van der Waals surface area contributed by atoms with Crippen LogP contribution in [0.5, 0.6) is 0 Å². The molecule has 0 aliphatic heterocycles. The minimum absolute atomic E-state index is 0. The maximum absolute atomic E-state index is 5.60. The zero-order valence-corrected chi connectivity index (χ0v) is 19.0. The summed E-state index contributed by atoms with van der Waals surface area (Å²) in [6.07, 6.45) is 6.30. The lowest BCUT2D eigenvalue weighted by molar-refractivity contribution is 0.105. The molecule has 0 amide bonds. The van der Waals surface area contributed by atoms with Crippen molar-refractivity contribution in [3.63, 3.8) is 0 Å². The number of ether oxygens (including phenoxy) is 1. The van der Waals surface area contributed by atoms with Crippen LogP contribution in [0.2, 0.25) is 0 Å². The SMILES string of the molecule is CCNC(=NCc1nnc(C)n1C)NCC1(CCOCC)CCCC1.I. The Labute approximate surface area is 174 Å². The first-order chi connectivity index (χ1) is 12.1. The fraction of sp³-hybridized carbons (Fsp3) is 0.833. The summed E-state index contributed by atoms with van der Waals surface area (Å²) in [4.78, 5) is 4.69. The Morgan fingerprint density at radius 2 is 1.96 bits per heavy atom. The van der Waals surface area contributed by atoms with Gasteiger partial charge in [0.1, 0.15) is 12.4 Å². The number of halogens is 1. The van der Waals surface area contributed by atoms with Gasteiger partial charge in [0.2, 0.25) is 0 Å². The molecule has 1 saturated carbocycles. The summed E-state index contributed by atoms with van der Waals surface area (Å²) in [6.45, 7) is 10.1. The highest BCUT2D eigenvalue weighted by Gasteiger charge is 2.33. The first kappa shape index (κ1) is 23.1. The van der Waals surface area contributed by atoms with Gasteiger partial charge in [0.15, 0.2) is 11.8 Å². The maximum atomic E-state index is 5.60. The van der Waals surface area contributed by atoms with Crippen LogP contribution in [-0.2, 0) is 18.3 Å². The van der Waals surface area contributed by atoms with E-state index in [4.69, 9.17) is 4.74 Å². The second-order valence-corrected chi connectivity index (χ2v) is 6.93. The number of nitrogens with zero attached hydrogens (tertiary/aromatic N) is 4. The molecule has 1 heterocycles. The molecule has 2 rings (SSSR count). The number of aliphatic imine (C=N–C) groups is 1. The van der Waals surface area contributed by atoms with Crippen LogP contribution in [0.3, 0.4) is 0 Å². The van der Waals surface area contributed by atoms with Crippen LogP contribution < -0.4 is 10.6 Å². The molecular weight excluding hydrogens is 443 g/mol. The van der Waals surface area contributed by atoms with E-state index in [-0.39, 0.29) is 24.0 Å². The zero-order valence-electron chi connectivity index (χ0n) is 16.7. The Hall–Kier alpha value is -0.900. The van der Waals surface area contributed by atoms with E-state index in [0.717, 1.165) is 50.3 Å². The van der Waals surface area contributed by atoms with Gasteiger partial charge < -0.3 is 19.9 Å². The third-order valence-electron chi connectivity index (χ3n) is 5.18. The van der Waals surface area contributed by atoms with Crippen LogP contribution in [-0.4, -0.2) is 47.0 Å². The minimum Gasteiger partial charge on any atom is -0.382 e. The van der Waals surface area contributed by atoms with E-state index in [2.05, 4.69) is 39.7 Å². The number of rotatable bonds is 9. The van der Waals surface area contributed by atoms with E-state index in [9.17, 15) is 0 Å². The zero-order chi connectivity index (χ0) is 18.1. The Morgan fingerprint density at radius 3 is 2.54 bits per heavy atom. The van der Waals surface area contributed by atoms with Crippen molar-refractivity contribution < 1.29 is 4.74 Å². The second kappa shape index (κ2) is 11.7. The summed E-state index contributed by atoms with van der Waals surface area (Å²) in [6, 6.07) is 0. The van der Waals surface area contributed by atoms with E-state index in [0.29, 0.717) is 12.0 Å². The standard InChI is InChI=1S/C18H34N6O.HI/c1-5-19-17(20-13-16-23-22-15(3)24(16)4)21-14-18(9-7-8-10-18)11-12-25-6-2;/h5-14H2,1-4H3,(H2,19,20,21);1H. The Morgan fingerprint density at radius 1 is 1.23 bits per heavy atom. The molecule has 0 spiro atoms. The molecule has 0 bridgehead atoms. The lowest BCUT2D eigenvalue weighted by atomic mass is 9.83. The molecule has 1 fully saturated rings. The molecule has 0 aromatic carbocycles. The first-order valence-electron chi connectivity index (χ1n) is 9.55. The van der Waals surface area contributed by atoms with Crippen molar-refractivity contribution in [1.29, 1.82) is 0 Å². The smallest absolute Gasteiger partial charge is 0.191 e. The minimum atomic E-state index is 0. The topological polar surface area (TPSA) is 76.4 Å². The van der Waals surface area contributed by atoms with E-state index in [1.54, 1.807) is 0 Å². The fourth-order valence-electron chi connectivity index (χ4n) is 3.42. The van der Waals surface area contributed by atoms with Crippen molar-refractivity contribution in [3.05, 3.63) is 11.6 Å². The van der Waals surface area contributed by atoms with E-state index in [1.807, 2.05) is 18.5 Å². The highest BCUT2D eigenvalue weighted by molar-refractivity contribution is 14.0. The number of guanidine groups is 1. The Balaban J connectivity index is 0.00000338. The van der Waals surface area contributed by atoms with Crippen LogP contribution in [0.15, 0.2) is 4.99 Å². The molecule has 150 valence electrons. The molecule has 0 unspecified atom stereocenters. The lowest BCUT2D eigenvalue weighted by Gasteiger charge is -2.30. The number of hydrogen-bond donors (Lipinski definition) is 2. The summed E-state index contributed by atoms with van der Waals surface area (Å²) < 4.78 is 7.58. The number of aryl methyl sites for hydroxylation is 1. The Kier molecular flexibility index (Phi) is 10.4. The second-order valence-electron chi connectivity index (χ2n) is 6.93. The van der Waals surface area contributed by atoms with E-state index >= 15 is 0 Å².